The number of rotatable bonds is 7. The van der Waals surface area contributed by atoms with E-state index in [1.165, 1.54) is 26.0 Å². The van der Waals surface area contributed by atoms with Crippen LogP contribution in [0.1, 0.15) is 18.4 Å². The SMILES string of the molecule is COC(=O)COc1cc(Br)c(/C=C2\SC(=S)N(C[C@@H]3CCCO3)C2=O)cc1OC. The van der Waals surface area contributed by atoms with Crippen LogP contribution in [0.5, 0.6) is 11.5 Å². The smallest absolute Gasteiger partial charge is 0.343 e. The van der Waals surface area contributed by atoms with Crippen LogP contribution in [0.3, 0.4) is 0 Å². The van der Waals surface area contributed by atoms with Crippen LogP contribution in [-0.4, -0.2) is 61.2 Å². The first-order valence-electron chi connectivity index (χ1n) is 8.87. The van der Waals surface area contributed by atoms with Gasteiger partial charge in [-0.2, -0.15) is 0 Å². The highest BCUT2D eigenvalue weighted by molar-refractivity contribution is 9.10. The molecule has 0 saturated carbocycles. The molecule has 3 rings (SSSR count). The number of thioether (sulfide) groups is 1. The third kappa shape index (κ3) is 5.30. The number of carbonyl (C=O) groups excluding carboxylic acids is 2. The number of thiocarbonyl (C=S) groups is 1. The lowest BCUT2D eigenvalue weighted by atomic mass is 10.1. The van der Waals surface area contributed by atoms with E-state index in [4.69, 9.17) is 26.4 Å². The first-order valence-corrected chi connectivity index (χ1v) is 10.9. The quantitative estimate of drug-likeness (QED) is 0.319. The van der Waals surface area contributed by atoms with E-state index in [9.17, 15) is 9.59 Å². The molecule has 10 heteroatoms. The van der Waals surface area contributed by atoms with E-state index >= 15 is 0 Å². The molecule has 0 aliphatic carbocycles. The number of halogens is 1. The monoisotopic (exact) mass is 501 g/mol. The van der Waals surface area contributed by atoms with Gasteiger partial charge in [-0.05, 0) is 36.6 Å². The Labute approximate surface area is 186 Å². The minimum absolute atomic E-state index is 0.0370. The normalized spacial score (nSPS) is 20.4. The van der Waals surface area contributed by atoms with Gasteiger partial charge in [0.15, 0.2) is 18.1 Å². The Balaban J connectivity index is 1.79. The Bertz CT molecular complexity index is 853. The predicted octanol–water partition coefficient (Wildman–Crippen LogP) is 3.39. The number of carbonyl (C=O) groups is 2. The van der Waals surface area contributed by atoms with Crippen LogP contribution < -0.4 is 9.47 Å². The molecule has 1 atom stereocenters. The van der Waals surface area contributed by atoms with Crippen LogP contribution >= 0.6 is 39.9 Å². The molecule has 0 spiro atoms. The van der Waals surface area contributed by atoms with Crippen LogP contribution in [-0.2, 0) is 19.1 Å². The van der Waals surface area contributed by atoms with E-state index in [-0.39, 0.29) is 18.6 Å². The molecule has 0 bridgehead atoms. The number of amides is 1. The Hall–Kier alpha value is -1.62. The zero-order chi connectivity index (χ0) is 21.0. The van der Waals surface area contributed by atoms with Crippen LogP contribution in [0.2, 0.25) is 0 Å². The molecule has 1 aromatic rings. The highest BCUT2D eigenvalue weighted by atomic mass is 79.9. The van der Waals surface area contributed by atoms with Crippen LogP contribution in [0, 0.1) is 0 Å². The van der Waals surface area contributed by atoms with Gasteiger partial charge in [-0.1, -0.05) is 39.9 Å². The molecule has 2 aliphatic rings. The van der Waals surface area contributed by atoms with Crippen molar-refractivity contribution in [3.05, 3.63) is 27.1 Å². The summed E-state index contributed by atoms with van der Waals surface area (Å²) in [5.74, 6) is 0.181. The summed E-state index contributed by atoms with van der Waals surface area (Å²) >= 11 is 10.1. The minimum Gasteiger partial charge on any atom is -0.493 e. The summed E-state index contributed by atoms with van der Waals surface area (Å²) in [6, 6.07) is 3.41. The van der Waals surface area contributed by atoms with Crippen LogP contribution in [0.15, 0.2) is 21.5 Å². The van der Waals surface area contributed by atoms with E-state index in [1.807, 2.05) is 0 Å². The first-order chi connectivity index (χ1) is 13.9. The maximum Gasteiger partial charge on any atom is 0.343 e. The molecule has 2 heterocycles. The highest BCUT2D eigenvalue weighted by Crippen LogP contribution is 2.38. The molecule has 29 heavy (non-hydrogen) atoms. The Kier molecular flexibility index (Phi) is 7.55. The second kappa shape index (κ2) is 9.92. The largest absolute Gasteiger partial charge is 0.493 e. The molecule has 156 valence electrons. The third-order valence-corrected chi connectivity index (χ3v) is 6.49. The maximum atomic E-state index is 12.8. The van der Waals surface area contributed by atoms with Gasteiger partial charge in [0.2, 0.25) is 0 Å². The lowest BCUT2D eigenvalue weighted by Crippen LogP contribution is -2.35. The average Bonchev–Trinajstić information content (AvgIpc) is 3.31. The third-order valence-electron chi connectivity index (χ3n) is 4.43. The van der Waals surface area contributed by atoms with Crippen molar-refractivity contribution in [3.63, 3.8) is 0 Å². The summed E-state index contributed by atoms with van der Waals surface area (Å²) in [5.41, 5.74) is 0.727. The fraction of sp³-hybridized carbons (Fsp3) is 0.421. The molecule has 1 amide bonds. The second-order valence-corrected chi connectivity index (χ2v) is 8.85. The van der Waals surface area contributed by atoms with Gasteiger partial charge >= 0.3 is 5.97 Å². The topological polar surface area (TPSA) is 74.3 Å². The summed E-state index contributed by atoms with van der Waals surface area (Å²) in [4.78, 5) is 26.3. The number of ether oxygens (including phenoxy) is 4. The number of hydrogen-bond acceptors (Lipinski definition) is 8. The Morgan fingerprint density at radius 2 is 2.21 bits per heavy atom. The van der Waals surface area contributed by atoms with Crippen molar-refractivity contribution in [1.29, 1.82) is 0 Å². The van der Waals surface area contributed by atoms with Gasteiger partial charge in [-0.15, -0.1) is 0 Å². The Morgan fingerprint density at radius 1 is 1.41 bits per heavy atom. The molecule has 0 radical (unpaired) electrons. The lowest BCUT2D eigenvalue weighted by molar-refractivity contribution is -0.142. The summed E-state index contributed by atoms with van der Waals surface area (Å²) in [5, 5.41) is 0. The maximum absolute atomic E-state index is 12.8. The molecule has 0 aromatic heterocycles. The lowest BCUT2D eigenvalue weighted by Gasteiger charge is -2.18. The van der Waals surface area contributed by atoms with Gasteiger partial charge in [0.05, 0.1) is 31.8 Å². The summed E-state index contributed by atoms with van der Waals surface area (Å²) < 4.78 is 22.2. The number of nitrogens with zero attached hydrogens (tertiary/aromatic N) is 1. The molecular weight excluding hydrogens is 482 g/mol. The van der Waals surface area contributed by atoms with Crippen LogP contribution in [0.25, 0.3) is 6.08 Å². The average molecular weight is 502 g/mol. The van der Waals surface area contributed by atoms with Crippen LogP contribution in [0.4, 0.5) is 0 Å². The molecular formula is C19H20BrNO6S2. The number of esters is 1. The van der Waals surface area contributed by atoms with Gasteiger partial charge in [0, 0.05) is 11.1 Å². The summed E-state index contributed by atoms with van der Waals surface area (Å²) in [7, 11) is 2.79. The fourth-order valence-corrected chi connectivity index (χ4v) is 4.62. The molecule has 2 saturated heterocycles. The predicted molar refractivity (Wildman–Crippen MR) is 117 cm³/mol. The molecule has 0 N–H and O–H groups in total. The number of hydrogen-bond donors (Lipinski definition) is 0. The van der Waals surface area contributed by atoms with Gasteiger partial charge in [0.1, 0.15) is 4.32 Å². The molecule has 1 aromatic carbocycles. The van der Waals surface area contributed by atoms with E-state index < -0.39 is 5.97 Å². The zero-order valence-corrected chi connectivity index (χ0v) is 19.2. The van der Waals surface area contributed by atoms with E-state index in [1.54, 1.807) is 23.1 Å². The second-order valence-electron chi connectivity index (χ2n) is 6.32. The summed E-state index contributed by atoms with van der Waals surface area (Å²) in [6.45, 7) is 0.972. The van der Waals surface area contributed by atoms with Crippen molar-refractivity contribution >= 4 is 62.2 Å². The standard InChI is InChI=1S/C19H20BrNO6S2/c1-24-14-6-11(13(20)8-15(14)27-10-17(22)25-2)7-16-18(23)21(19(28)29-16)9-12-4-3-5-26-12/h6-8,12H,3-5,9-10H2,1-2H3/b16-7-/t12-/m0/s1. The van der Waals surface area contributed by atoms with Gasteiger partial charge < -0.3 is 18.9 Å². The summed E-state index contributed by atoms with van der Waals surface area (Å²) in [6.07, 6.45) is 3.74. The van der Waals surface area contributed by atoms with Crippen molar-refractivity contribution in [1.82, 2.24) is 4.90 Å². The Morgan fingerprint density at radius 3 is 2.86 bits per heavy atom. The van der Waals surface area contributed by atoms with Crippen molar-refractivity contribution in [3.8, 4) is 11.5 Å². The van der Waals surface area contributed by atoms with Gasteiger partial charge in [-0.3, -0.25) is 9.69 Å². The molecule has 0 unspecified atom stereocenters. The highest BCUT2D eigenvalue weighted by Gasteiger charge is 2.34. The zero-order valence-electron chi connectivity index (χ0n) is 15.9. The van der Waals surface area contributed by atoms with Crippen molar-refractivity contribution in [2.24, 2.45) is 0 Å². The number of benzene rings is 1. The first kappa shape index (κ1) is 22.1. The molecule has 2 aliphatic heterocycles. The fourth-order valence-electron chi connectivity index (χ4n) is 2.92. The molecule has 2 fully saturated rings. The van der Waals surface area contributed by atoms with Crippen molar-refractivity contribution in [2.75, 3.05) is 34.0 Å². The van der Waals surface area contributed by atoms with E-state index in [0.29, 0.717) is 31.7 Å². The van der Waals surface area contributed by atoms with E-state index in [2.05, 4.69) is 20.7 Å². The molecule has 7 nitrogen and oxygen atoms in total. The number of methoxy groups -OCH3 is 2. The van der Waals surface area contributed by atoms with Crippen molar-refractivity contribution < 1.29 is 28.5 Å². The van der Waals surface area contributed by atoms with Gasteiger partial charge in [0.25, 0.3) is 5.91 Å². The minimum atomic E-state index is -0.498. The van der Waals surface area contributed by atoms with E-state index in [0.717, 1.165) is 25.0 Å². The van der Waals surface area contributed by atoms with Gasteiger partial charge in [-0.25, -0.2) is 4.79 Å². The van der Waals surface area contributed by atoms with Crippen molar-refractivity contribution in [2.45, 2.75) is 18.9 Å².